The number of nitrogen functional groups attached to an aromatic ring is 1. The molecule has 2 rings (SSSR count). The number of anilines is 2. The summed E-state index contributed by atoms with van der Waals surface area (Å²) in [4.78, 5) is 18.0. The van der Waals surface area contributed by atoms with Gasteiger partial charge in [0.15, 0.2) is 0 Å². The Bertz CT molecular complexity index is 700. The number of imidazole rings is 1. The number of aromatic nitrogens is 5. The maximum atomic E-state index is 11.2. The first-order chi connectivity index (χ1) is 9.89. The van der Waals surface area contributed by atoms with Crippen molar-refractivity contribution in [2.75, 3.05) is 35.9 Å². The highest BCUT2D eigenvalue weighted by molar-refractivity contribution is 7.90. The van der Waals surface area contributed by atoms with Crippen molar-refractivity contribution in [1.29, 1.82) is 0 Å². The van der Waals surface area contributed by atoms with Crippen molar-refractivity contribution in [2.24, 2.45) is 5.84 Å². The van der Waals surface area contributed by atoms with Crippen molar-refractivity contribution in [3.63, 3.8) is 0 Å². The van der Waals surface area contributed by atoms with E-state index in [-0.39, 0.29) is 18.2 Å². The molecule has 2 aromatic heterocycles. The fraction of sp³-hybridized carbons (Fsp3) is 0.400. The predicted octanol–water partition coefficient (Wildman–Crippen LogP) is -1.18. The summed E-state index contributed by atoms with van der Waals surface area (Å²) in [5.74, 6) is 6.16. The van der Waals surface area contributed by atoms with Crippen LogP contribution in [0.15, 0.2) is 18.7 Å². The normalized spacial score (nSPS) is 11.4. The molecule has 2 aromatic rings. The topological polar surface area (TPSA) is 132 Å². The Kier molecular flexibility index (Phi) is 4.33. The number of nitrogens with two attached hydrogens (primary N) is 1. The Morgan fingerprint density at radius 2 is 2.14 bits per heavy atom. The molecule has 0 aromatic carbocycles. The van der Waals surface area contributed by atoms with Gasteiger partial charge in [-0.1, -0.05) is 0 Å². The molecule has 0 unspecified atom stereocenters. The van der Waals surface area contributed by atoms with E-state index in [1.807, 2.05) is 0 Å². The van der Waals surface area contributed by atoms with Crippen LogP contribution >= 0.6 is 0 Å². The summed E-state index contributed by atoms with van der Waals surface area (Å²) in [6.07, 6.45) is 5.98. The molecule has 0 bridgehead atoms. The third-order valence-corrected chi connectivity index (χ3v) is 3.54. The number of nitrogens with zero attached hydrogens (tertiary/aromatic N) is 6. The molecule has 0 spiro atoms. The molecule has 11 heteroatoms. The molecule has 10 nitrogen and oxygen atoms in total. The molecule has 0 aliphatic rings. The van der Waals surface area contributed by atoms with Gasteiger partial charge in [0.25, 0.3) is 0 Å². The van der Waals surface area contributed by atoms with Gasteiger partial charge in [0.1, 0.15) is 16.2 Å². The fourth-order valence-corrected chi connectivity index (χ4v) is 2.09. The monoisotopic (exact) mass is 312 g/mol. The predicted molar refractivity (Wildman–Crippen MR) is 77.7 cm³/mol. The molecule has 2 heterocycles. The Morgan fingerprint density at radius 3 is 2.71 bits per heavy atom. The Labute approximate surface area is 121 Å². The van der Waals surface area contributed by atoms with Crippen LogP contribution in [0.5, 0.6) is 0 Å². The van der Waals surface area contributed by atoms with Crippen molar-refractivity contribution in [3.05, 3.63) is 18.7 Å². The number of hydrazine groups is 1. The van der Waals surface area contributed by atoms with E-state index in [1.165, 1.54) is 12.6 Å². The molecule has 114 valence electrons. The molecular formula is C10H16N8O2S. The molecule has 0 aliphatic carbocycles. The first-order valence-electron chi connectivity index (χ1n) is 5.99. The smallest absolute Gasteiger partial charge is 0.243 e. The van der Waals surface area contributed by atoms with Gasteiger partial charge in [0.05, 0.1) is 5.75 Å². The average molecular weight is 312 g/mol. The van der Waals surface area contributed by atoms with Crippen molar-refractivity contribution < 1.29 is 8.42 Å². The molecule has 3 N–H and O–H groups in total. The molecule has 21 heavy (non-hydrogen) atoms. The van der Waals surface area contributed by atoms with Crippen molar-refractivity contribution in [2.45, 2.75) is 0 Å². The SMILES string of the molecule is CN(CCS(C)(=O)=O)c1nc(NN)nc(-n2ccnc2)n1. The highest BCUT2D eigenvalue weighted by Gasteiger charge is 2.13. The molecule has 0 amide bonds. The zero-order valence-corrected chi connectivity index (χ0v) is 12.4. The molecule has 0 radical (unpaired) electrons. The number of nitrogens with one attached hydrogen (secondary N) is 1. The minimum Gasteiger partial charge on any atom is -0.343 e. The van der Waals surface area contributed by atoms with Gasteiger partial charge in [-0.15, -0.1) is 0 Å². The summed E-state index contributed by atoms with van der Waals surface area (Å²) in [6.45, 7) is 0.260. The van der Waals surface area contributed by atoms with Crippen LogP contribution in [0.25, 0.3) is 5.95 Å². The molecular weight excluding hydrogens is 296 g/mol. The van der Waals surface area contributed by atoms with E-state index in [1.54, 1.807) is 28.9 Å². The number of hydrogen-bond acceptors (Lipinski definition) is 9. The van der Waals surface area contributed by atoms with E-state index in [0.717, 1.165) is 0 Å². The van der Waals surface area contributed by atoms with Crippen molar-refractivity contribution in [3.8, 4) is 5.95 Å². The lowest BCUT2D eigenvalue weighted by Gasteiger charge is -2.17. The van der Waals surface area contributed by atoms with Crippen LogP contribution in [-0.2, 0) is 9.84 Å². The summed E-state index contributed by atoms with van der Waals surface area (Å²) in [5, 5.41) is 0. The van der Waals surface area contributed by atoms with E-state index in [2.05, 4.69) is 25.4 Å². The summed E-state index contributed by atoms with van der Waals surface area (Å²) < 4.78 is 24.0. The molecule has 0 fully saturated rings. The summed E-state index contributed by atoms with van der Waals surface area (Å²) in [7, 11) is -1.37. The second-order valence-electron chi connectivity index (χ2n) is 4.42. The third-order valence-electron chi connectivity index (χ3n) is 2.62. The Balaban J connectivity index is 2.28. The van der Waals surface area contributed by atoms with Crippen LogP contribution in [0, 0.1) is 0 Å². The van der Waals surface area contributed by atoms with Gasteiger partial charge in [-0.05, 0) is 0 Å². The van der Waals surface area contributed by atoms with E-state index in [0.29, 0.717) is 11.9 Å². The lowest BCUT2D eigenvalue weighted by molar-refractivity contribution is 0.600. The van der Waals surface area contributed by atoms with E-state index < -0.39 is 9.84 Å². The fourth-order valence-electron chi connectivity index (χ4n) is 1.48. The van der Waals surface area contributed by atoms with Gasteiger partial charge < -0.3 is 4.90 Å². The van der Waals surface area contributed by atoms with Crippen LogP contribution in [-0.4, -0.2) is 58.5 Å². The first-order valence-corrected chi connectivity index (χ1v) is 8.05. The summed E-state index contributed by atoms with van der Waals surface area (Å²) >= 11 is 0. The van der Waals surface area contributed by atoms with Gasteiger partial charge in [0.2, 0.25) is 17.8 Å². The highest BCUT2D eigenvalue weighted by atomic mass is 32.2. The van der Waals surface area contributed by atoms with Gasteiger partial charge >= 0.3 is 0 Å². The molecule has 0 atom stereocenters. The lowest BCUT2D eigenvalue weighted by atomic mass is 10.6. The van der Waals surface area contributed by atoms with E-state index >= 15 is 0 Å². The van der Waals surface area contributed by atoms with Gasteiger partial charge in [-0.3, -0.25) is 9.99 Å². The van der Waals surface area contributed by atoms with E-state index in [4.69, 9.17) is 5.84 Å². The van der Waals surface area contributed by atoms with Crippen LogP contribution in [0.2, 0.25) is 0 Å². The minimum absolute atomic E-state index is 0.000971. The van der Waals surface area contributed by atoms with Crippen LogP contribution in [0.3, 0.4) is 0 Å². The second-order valence-corrected chi connectivity index (χ2v) is 6.68. The van der Waals surface area contributed by atoms with Crippen LogP contribution in [0.1, 0.15) is 0 Å². The quantitative estimate of drug-likeness (QED) is 0.499. The molecule has 0 aliphatic heterocycles. The maximum absolute atomic E-state index is 11.2. The number of rotatable bonds is 6. The zero-order chi connectivity index (χ0) is 15.5. The lowest BCUT2D eigenvalue weighted by Crippen LogP contribution is -2.27. The Hall–Kier alpha value is -2.27. The van der Waals surface area contributed by atoms with Gasteiger partial charge in [-0.25, -0.2) is 19.2 Å². The van der Waals surface area contributed by atoms with Crippen molar-refractivity contribution in [1.82, 2.24) is 24.5 Å². The summed E-state index contributed by atoms with van der Waals surface area (Å²) in [6, 6.07) is 0. The molecule has 0 saturated carbocycles. The largest absolute Gasteiger partial charge is 0.343 e. The number of hydrogen-bond donors (Lipinski definition) is 2. The average Bonchev–Trinajstić information content (AvgIpc) is 2.97. The number of sulfone groups is 1. The van der Waals surface area contributed by atoms with Crippen LogP contribution < -0.4 is 16.2 Å². The zero-order valence-electron chi connectivity index (χ0n) is 11.6. The molecule has 0 saturated heterocycles. The highest BCUT2D eigenvalue weighted by Crippen LogP contribution is 2.11. The standard InChI is InChI=1S/C10H16N8O2S/c1-17(5-6-21(2,19)20)9-13-8(16-11)14-10(15-9)18-4-3-12-7-18/h3-4,7H,5-6,11H2,1-2H3,(H,13,14,15,16). The summed E-state index contributed by atoms with van der Waals surface area (Å²) in [5.41, 5.74) is 2.36. The van der Waals surface area contributed by atoms with Gasteiger partial charge in [0, 0.05) is 32.2 Å². The minimum atomic E-state index is -3.06. The van der Waals surface area contributed by atoms with E-state index in [9.17, 15) is 8.42 Å². The van der Waals surface area contributed by atoms with Crippen molar-refractivity contribution >= 4 is 21.7 Å². The Morgan fingerprint density at radius 1 is 1.38 bits per heavy atom. The van der Waals surface area contributed by atoms with Gasteiger partial charge in [-0.2, -0.15) is 15.0 Å². The maximum Gasteiger partial charge on any atom is 0.243 e. The first kappa shape index (κ1) is 15.1. The second kappa shape index (κ2) is 6.01. The van der Waals surface area contributed by atoms with Crippen LogP contribution in [0.4, 0.5) is 11.9 Å². The third kappa shape index (κ3) is 4.10.